The Morgan fingerprint density at radius 1 is 1.47 bits per heavy atom. The topological polar surface area (TPSA) is 43.8 Å². The van der Waals surface area contributed by atoms with Gasteiger partial charge in [-0.25, -0.2) is 0 Å². The molecule has 0 amide bonds. The van der Waals surface area contributed by atoms with Gasteiger partial charge in [-0.2, -0.15) is 5.10 Å². The largest absolute Gasteiger partial charge is 0.328 e. The van der Waals surface area contributed by atoms with Crippen molar-refractivity contribution in [1.29, 1.82) is 0 Å². The van der Waals surface area contributed by atoms with Gasteiger partial charge in [0, 0.05) is 18.3 Å². The Labute approximate surface area is 92.7 Å². The van der Waals surface area contributed by atoms with Gasteiger partial charge in [0.15, 0.2) is 0 Å². The van der Waals surface area contributed by atoms with Gasteiger partial charge in [0.1, 0.15) is 0 Å². The molecule has 15 heavy (non-hydrogen) atoms. The lowest BCUT2D eigenvalue weighted by Gasteiger charge is -2.19. The standard InChI is InChI=1S/C12H23N3/c1-5-11(10(4)13)8-12-7-9(3)14-15(12)6-2/h7,10-11H,5-6,8,13H2,1-4H3. The molecule has 0 fully saturated rings. The van der Waals surface area contributed by atoms with Crippen LogP contribution in [0.15, 0.2) is 6.07 Å². The van der Waals surface area contributed by atoms with Gasteiger partial charge in [0.2, 0.25) is 0 Å². The maximum absolute atomic E-state index is 5.96. The highest BCUT2D eigenvalue weighted by Crippen LogP contribution is 2.15. The van der Waals surface area contributed by atoms with Gasteiger partial charge in [-0.3, -0.25) is 4.68 Å². The van der Waals surface area contributed by atoms with E-state index in [-0.39, 0.29) is 6.04 Å². The fourth-order valence-corrected chi connectivity index (χ4v) is 2.01. The Bertz CT molecular complexity index is 302. The SMILES string of the molecule is CCC(Cc1cc(C)nn1CC)C(C)N. The highest BCUT2D eigenvalue weighted by molar-refractivity contribution is 5.10. The maximum atomic E-state index is 5.96. The van der Waals surface area contributed by atoms with Crippen LogP contribution >= 0.6 is 0 Å². The number of nitrogens with two attached hydrogens (primary N) is 1. The summed E-state index contributed by atoms with van der Waals surface area (Å²) < 4.78 is 2.08. The van der Waals surface area contributed by atoms with E-state index in [1.807, 2.05) is 6.92 Å². The number of hydrogen-bond donors (Lipinski definition) is 1. The average molecular weight is 209 g/mol. The zero-order valence-electron chi connectivity index (χ0n) is 10.3. The van der Waals surface area contributed by atoms with Gasteiger partial charge >= 0.3 is 0 Å². The van der Waals surface area contributed by atoms with Crippen LogP contribution < -0.4 is 5.73 Å². The molecule has 2 atom stereocenters. The molecule has 0 aromatic carbocycles. The average Bonchev–Trinajstić information content (AvgIpc) is 2.54. The van der Waals surface area contributed by atoms with Crippen molar-refractivity contribution >= 4 is 0 Å². The minimum Gasteiger partial charge on any atom is -0.328 e. The first-order chi connectivity index (χ1) is 7.08. The number of aromatic nitrogens is 2. The fraction of sp³-hybridized carbons (Fsp3) is 0.750. The van der Waals surface area contributed by atoms with Gasteiger partial charge in [-0.15, -0.1) is 0 Å². The van der Waals surface area contributed by atoms with E-state index in [9.17, 15) is 0 Å². The van der Waals surface area contributed by atoms with E-state index in [0.717, 1.165) is 25.1 Å². The van der Waals surface area contributed by atoms with Crippen molar-refractivity contribution < 1.29 is 0 Å². The highest BCUT2D eigenvalue weighted by atomic mass is 15.3. The Hall–Kier alpha value is -0.830. The molecule has 0 radical (unpaired) electrons. The van der Waals surface area contributed by atoms with E-state index in [0.29, 0.717) is 5.92 Å². The third-order valence-electron chi connectivity index (χ3n) is 3.02. The molecule has 0 saturated carbocycles. The van der Waals surface area contributed by atoms with Gasteiger partial charge in [-0.1, -0.05) is 13.3 Å². The maximum Gasteiger partial charge on any atom is 0.0596 e. The van der Waals surface area contributed by atoms with E-state index in [4.69, 9.17) is 5.73 Å². The van der Waals surface area contributed by atoms with Crippen LogP contribution in [0.25, 0.3) is 0 Å². The van der Waals surface area contributed by atoms with Gasteiger partial charge in [0.05, 0.1) is 5.69 Å². The molecule has 3 heteroatoms. The molecule has 2 unspecified atom stereocenters. The molecule has 1 heterocycles. The van der Waals surface area contributed by atoms with E-state index in [2.05, 4.69) is 36.6 Å². The smallest absolute Gasteiger partial charge is 0.0596 e. The van der Waals surface area contributed by atoms with Gasteiger partial charge in [0.25, 0.3) is 0 Å². The van der Waals surface area contributed by atoms with Crippen molar-refractivity contribution in [3.05, 3.63) is 17.5 Å². The summed E-state index contributed by atoms with van der Waals surface area (Å²) in [5.74, 6) is 0.561. The lowest BCUT2D eigenvalue weighted by molar-refractivity contribution is 0.413. The molecule has 0 aliphatic rings. The summed E-state index contributed by atoms with van der Waals surface area (Å²) in [7, 11) is 0. The summed E-state index contributed by atoms with van der Waals surface area (Å²) in [5, 5.41) is 4.45. The zero-order chi connectivity index (χ0) is 11.4. The molecule has 2 N–H and O–H groups in total. The Morgan fingerprint density at radius 3 is 2.60 bits per heavy atom. The van der Waals surface area contributed by atoms with Crippen LogP contribution in [-0.2, 0) is 13.0 Å². The second-order valence-corrected chi connectivity index (χ2v) is 4.32. The van der Waals surface area contributed by atoms with Crippen molar-refractivity contribution in [2.45, 2.75) is 53.1 Å². The molecule has 0 spiro atoms. The van der Waals surface area contributed by atoms with Crippen LogP contribution in [0.1, 0.15) is 38.6 Å². The predicted octanol–water partition coefficient (Wildman–Crippen LogP) is 2.13. The normalized spacial score (nSPS) is 15.3. The fourth-order valence-electron chi connectivity index (χ4n) is 2.01. The first-order valence-electron chi connectivity index (χ1n) is 5.87. The van der Waals surface area contributed by atoms with Crippen molar-refractivity contribution in [3.8, 4) is 0 Å². The third kappa shape index (κ3) is 3.06. The Morgan fingerprint density at radius 2 is 2.13 bits per heavy atom. The minimum absolute atomic E-state index is 0.260. The summed E-state index contributed by atoms with van der Waals surface area (Å²) in [4.78, 5) is 0. The molecule has 0 aliphatic heterocycles. The molecule has 0 aliphatic carbocycles. The van der Waals surface area contributed by atoms with Crippen LogP contribution in [0, 0.1) is 12.8 Å². The second kappa shape index (κ2) is 5.31. The number of rotatable bonds is 5. The molecular formula is C12H23N3. The van der Waals surface area contributed by atoms with Crippen molar-refractivity contribution in [1.82, 2.24) is 9.78 Å². The number of aryl methyl sites for hydroxylation is 2. The summed E-state index contributed by atoms with van der Waals surface area (Å²) in [6.07, 6.45) is 2.18. The first kappa shape index (κ1) is 12.2. The van der Waals surface area contributed by atoms with E-state index in [1.165, 1.54) is 5.69 Å². The summed E-state index contributed by atoms with van der Waals surface area (Å²) in [5.41, 5.74) is 8.39. The molecular weight excluding hydrogens is 186 g/mol. The van der Waals surface area contributed by atoms with Crippen LogP contribution in [0.4, 0.5) is 0 Å². The molecule has 1 aromatic rings. The molecule has 86 valence electrons. The molecule has 1 aromatic heterocycles. The van der Waals surface area contributed by atoms with Crippen molar-refractivity contribution in [3.63, 3.8) is 0 Å². The number of hydrogen-bond acceptors (Lipinski definition) is 2. The van der Waals surface area contributed by atoms with E-state index < -0.39 is 0 Å². The third-order valence-corrected chi connectivity index (χ3v) is 3.02. The van der Waals surface area contributed by atoms with E-state index >= 15 is 0 Å². The van der Waals surface area contributed by atoms with Gasteiger partial charge < -0.3 is 5.73 Å². The Balaban J connectivity index is 2.77. The van der Waals surface area contributed by atoms with Crippen LogP contribution in [-0.4, -0.2) is 15.8 Å². The van der Waals surface area contributed by atoms with Crippen LogP contribution in [0.5, 0.6) is 0 Å². The van der Waals surface area contributed by atoms with Crippen molar-refractivity contribution in [2.75, 3.05) is 0 Å². The van der Waals surface area contributed by atoms with E-state index in [1.54, 1.807) is 0 Å². The Kier molecular flexibility index (Phi) is 4.33. The van der Waals surface area contributed by atoms with Crippen molar-refractivity contribution in [2.24, 2.45) is 11.7 Å². The number of nitrogens with zero attached hydrogens (tertiary/aromatic N) is 2. The molecule has 1 rings (SSSR count). The highest BCUT2D eigenvalue weighted by Gasteiger charge is 2.15. The lowest BCUT2D eigenvalue weighted by atomic mass is 9.93. The molecule has 0 bridgehead atoms. The summed E-state index contributed by atoms with van der Waals surface area (Å²) in [6, 6.07) is 2.43. The monoisotopic (exact) mass is 209 g/mol. The molecule has 0 saturated heterocycles. The predicted molar refractivity (Wildman–Crippen MR) is 63.8 cm³/mol. The lowest BCUT2D eigenvalue weighted by Crippen LogP contribution is -2.28. The zero-order valence-corrected chi connectivity index (χ0v) is 10.3. The van der Waals surface area contributed by atoms with Crippen LogP contribution in [0.3, 0.4) is 0 Å². The van der Waals surface area contributed by atoms with Gasteiger partial charge in [-0.05, 0) is 39.2 Å². The second-order valence-electron chi connectivity index (χ2n) is 4.32. The minimum atomic E-state index is 0.260. The molecule has 3 nitrogen and oxygen atoms in total. The first-order valence-corrected chi connectivity index (χ1v) is 5.87. The quantitative estimate of drug-likeness (QED) is 0.807. The van der Waals surface area contributed by atoms with Crippen LogP contribution in [0.2, 0.25) is 0 Å². The summed E-state index contributed by atoms with van der Waals surface area (Å²) >= 11 is 0. The summed E-state index contributed by atoms with van der Waals surface area (Å²) in [6.45, 7) is 9.41.